The molecule has 2 bridgehead atoms. The van der Waals surface area contributed by atoms with Gasteiger partial charge in [-0.1, -0.05) is 0 Å². The topological polar surface area (TPSA) is 130 Å². The molecule has 2 unspecified atom stereocenters. The molecule has 3 fully saturated rings. The molecule has 2 aromatic rings. The number of carbonyl (C=O) groups is 1. The highest BCUT2D eigenvalue weighted by Gasteiger charge is 2.46. The third-order valence-corrected chi connectivity index (χ3v) is 8.87. The number of sulfone groups is 1. The van der Waals surface area contributed by atoms with Crippen molar-refractivity contribution >= 4 is 15.9 Å². The van der Waals surface area contributed by atoms with Crippen LogP contribution in [0.1, 0.15) is 59.3 Å². The molecule has 2 aliphatic heterocycles. The van der Waals surface area contributed by atoms with E-state index in [0.717, 1.165) is 12.8 Å². The van der Waals surface area contributed by atoms with Gasteiger partial charge in [0.05, 0.1) is 18.6 Å². The average molecular weight is 533 g/mol. The fourth-order valence-corrected chi connectivity index (χ4v) is 6.48. The summed E-state index contributed by atoms with van der Waals surface area (Å²) in [6.07, 6.45) is 6.67. The molecule has 2 saturated heterocycles. The third kappa shape index (κ3) is 5.43. The van der Waals surface area contributed by atoms with Crippen molar-refractivity contribution in [1.82, 2.24) is 19.9 Å². The zero-order valence-corrected chi connectivity index (χ0v) is 22.2. The van der Waals surface area contributed by atoms with Crippen molar-refractivity contribution in [2.45, 2.75) is 93.4 Å². The van der Waals surface area contributed by atoms with Crippen molar-refractivity contribution in [3.05, 3.63) is 24.7 Å². The average Bonchev–Trinajstić information content (AvgIpc) is 3.65. The molecule has 11 nitrogen and oxygen atoms in total. The molecule has 5 rings (SSSR count). The van der Waals surface area contributed by atoms with E-state index in [4.69, 9.17) is 18.9 Å². The van der Waals surface area contributed by atoms with E-state index in [9.17, 15) is 13.2 Å². The minimum Gasteiger partial charge on any atom is -0.487 e. The molecular weight excluding hydrogens is 500 g/mol. The standard InChI is InChI=1S/C25H32N4O7S/c1-25(2,3)36-24(30)29-15-5-6-16(29)12-18(11-15)35-23-21(33-4)22(27-14-28-23)34-17-7-10-20(26-13-17)37(31,32)19-8-9-19/h7,10,13-16,18-19H,5-6,8-9,11-12H2,1-4H3/t15-,16?,18?/m0/s1. The minimum absolute atomic E-state index is 0.0355. The number of ether oxygens (including phenoxy) is 4. The molecular formula is C25H32N4O7S. The fourth-order valence-electron chi connectivity index (χ4n) is 4.92. The first-order valence-electron chi connectivity index (χ1n) is 12.5. The Kier molecular flexibility index (Phi) is 6.63. The van der Waals surface area contributed by atoms with E-state index >= 15 is 0 Å². The summed E-state index contributed by atoms with van der Waals surface area (Å²) in [6.45, 7) is 5.60. The number of fused-ring (bicyclic) bond motifs is 2. The third-order valence-electron chi connectivity index (χ3n) is 6.69. The summed E-state index contributed by atoms with van der Waals surface area (Å²) < 4.78 is 48.0. The maximum atomic E-state index is 12.7. The lowest BCUT2D eigenvalue weighted by Gasteiger charge is -2.39. The molecule has 0 N–H and O–H groups in total. The van der Waals surface area contributed by atoms with Crippen LogP contribution in [0.15, 0.2) is 29.7 Å². The Morgan fingerprint density at radius 1 is 1.00 bits per heavy atom. The molecule has 37 heavy (non-hydrogen) atoms. The number of methoxy groups -OCH3 is 1. The summed E-state index contributed by atoms with van der Waals surface area (Å²) in [5, 5.41) is -0.298. The van der Waals surface area contributed by atoms with E-state index in [1.807, 2.05) is 25.7 Å². The predicted octanol–water partition coefficient (Wildman–Crippen LogP) is 3.92. The van der Waals surface area contributed by atoms with Crippen LogP contribution in [0.4, 0.5) is 4.79 Å². The van der Waals surface area contributed by atoms with Gasteiger partial charge >= 0.3 is 6.09 Å². The first-order chi connectivity index (χ1) is 17.5. The van der Waals surface area contributed by atoms with Crippen LogP contribution in [-0.4, -0.2) is 70.5 Å². The molecule has 4 heterocycles. The van der Waals surface area contributed by atoms with E-state index in [-0.39, 0.29) is 52.1 Å². The first kappa shape index (κ1) is 25.5. The summed E-state index contributed by atoms with van der Waals surface area (Å²) in [5.41, 5.74) is -0.546. The maximum Gasteiger partial charge on any atom is 0.410 e. The van der Waals surface area contributed by atoms with E-state index in [1.54, 1.807) is 0 Å². The van der Waals surface area contributed by atoms with Crippen LogP contribution in [-0.2, 0) is 14.6 Å². The molecule has 0 aromatic carbocycles. The number of piperidine rings is 1. The van der Waals surface area contributed by atoms with Crippen LogP contribution >= 0.6 is 0 Å². The predicted molar refractivity (Wildman–Crippen MR) is 132 cm³/mol. The van der Waals surface area contributed by atoms with E-state index in [0.29, 0.717) is 31.4 Å². The van der Waals surface area contributed by atoms with Crippen LogP contribution in [0.25, 0.3) is 0 Å². The number of nitrogens with zero attached hydrogens (tertiary/aromatic N) is 4. The number of pyridine rings is 1. The van der Waals surface area contributed by atoms with Crippen molar-refractivity contribution in [2.75, 3.05) is 7.11 Å². The number of hydrogen-bond donors (Lipinski definition) is 0. The second-order valence-corrected chi connectivity index (χ2v) is 12.9. The van der Waals surface area contributed by atoms with Crippen molar-refractivity contribution in [1.29, 1.82) is 0 Å². The Hall–Kier alpha value is -3.15. The van der Waals surface area contributed by atoms with Crippen molar-refractivity contribution in [3.8, 4) is 23.3 Å². The zero-order valence-electron chi connectivity index (χ0n) is 21.4. The normalized spacial score (nSPS) is 23.5. The quantitative estimate of drug-likeness (QED) is 0.517. The van der Waals surface area contributed by atoms with Crippen LogP contribution < -0.4 is 14.2 Å². The molecule has 1 aliphatic carbocycles. The maximum absolute atomic E-state index is 12.7. The number of aromatic nitrogens is 3. The SMILES string of the molecule is COc1c(Oc2ccc(S(=O)(=O)C3CC3)nc2)ncnc1OC1CC2CC[C@@H](C1)N2C(=O)OC(C)(C)C. The van der Waals surface area contributed by atoms with Crippen LogP contribution in [0, 0.1) is 0 Å². The summed E-state index contributed by atoms with van der Waals surface area (Å²) >= 11 is 0. The Balaban J connectivity index is 1.27. The fraction of sp³-hybridized carbons (Fsp3) is 0.600. The van der Waals surface area contributed by atoms with Gasteiger partial charge in [0.25, 0.3) is 11.8 Å². The molecule has 0 spiro atoms. The van der Waals surface area contributed by atoms with Gasteiger partial charge in [0, 0.05) is 24.9 Å². The van der Waals surface area contributed by atoms with Gasteiger partial charge in [-0.25, -0.2) is 18.2 Å². The van der Waals surface area contributed by atoms with E-state index < -0.39 is 15.4 Å². The number of rotatable bonds is 7. The molecule has 3 atom stereocenters. The molecule has 200 valence electrons. The first-order valence-corrected chi connectivity index (χ1v) is 14.0. The van der Waals surface area contributed by atoms with E-state index in [1.165, 1.54) is 31.8 Å². The number of hydrogen-bond acceptors (Lipinski definition) is 10. The highest BCUT2D eigenvalue weighted by molar-refractivity contribution is 7.92. The monoisotopic (exact) mass is 532 g/mol. The number of carbonyl (C=O) groups excluding carboxylic acids is 1. The molecule has 12 heteroatoms. The van der Waals surface area contributed by atoms with Gasteiger partial charge in [-0.2, -0.15) is 9.97 Å². The van der Waals surface area contributed by atoms with Gasteiger partial charge in [0.2, 0.25) is 5.75 Å². The summed E-state index contributed by atoms with van der Waals surface area (Å²) in [4.78, 5) is 27.1. The van der Waals surface area contributed by atoms with Crippen molar-refractivity contribution in [3.63, 3.8) is 0 Å². The van der Waals surface area contributed by atoms with Gasteiger partial charge < -0.3 is 23.8 Å². The highest BCUT2D eigenvalue weighted by Crippen LogP contribution is 2.41. The Labute approximate surface area is 216 Å². The van der Waals surface area contributed by atoms with E-state index in [2.05, 4.69) is 15.0 Å². The highest BCUT2D eigenvalue weighted by atomic mass is 32.2. The molecule has 2 aromatic heterocycles. The van der Waals surface area contributed by atoms with Crippen LogP contribution in [0.3, 0.4) is 0 Å². The summed E-state index contributed by atoms with van der Waals surface area (Å²) in [5.74, 6) is 0.894. The van der Waals surface area contributed by atoms with Gasteiger partial charge in [-0.15, -0.1) is 0 Å². The smallest absolute Gasteiger partial charge is 0.410 e. The molecule has 0 radical (unpaired) electrons. The second kappa shape index (κ2) is 9.62. The largest absolute Gasteiger partial charge is 0.487 e. The lowest BCUT2D eigenvalue weighted by atomic mass is 10.0. The Morgan fingerprint density at radius 3 is 2.24 bits per heavy atom. The van der Waals surface area contributed by atoms with Crippen LogP contribution in [0.2, 0.25) is 0 Å². The second-order valence-electron chi connectivity index (χ2n) is 10.7. The Bertz CT molecular complexity index is 1240. The van der Waals surface area contributed by atoms with Crippen LogP contribution in [0.5, 0.6) is 23.3 Å². The van der Waals surface area contributed by atoms with Gasteiger partial charge in [0.15, 0.2) is 14.9 Å². The van der Waals surface area contributed by atoms with Gasteiger partial charge in [-0.05, 0) is 58.6 Å². The summed E-state index contributed by atoms with van der Waals surface area (Å²) in [6, 6.07) is 3.05. The lowest BCUT2D eigenvalue weighted by Crippen LogP contribution is -2.50. The molecule has 1 saturated carbocycles. The molecule has 1 amide bonds. The lowest BCUT2D eigenvalue weighted by molar-refractivity contribution is -0.00797. The van der Waals surface area contributed by atoms with Crippen molar-refractivity contribution < 1.29 is 32.2 Å². The van der Waals surface area contributed by atoms with Gasteiger partial charge in [0.1, 0.15) is 23.8 Å². The minimum atomic E-state index is -3.38. The van der Waals surface area contributed by atoms with Gasteiger partial charge in [-0.3, -0.25) is 0 Å². The molecule has 3 aliphatic rings. The summed E-state index contributed by atoms with van der Waals surface area (Å²) in [7, 11) is -1.91. The Morgan fingerprint density at radius 2 is 1.68 bits per heavy atom. The van der Waals surface area contributed by atoms with Crippen molar-refractivity contribution in [2.24, 2.45) is 0 Å². The zero-order chi connectivity index (χ0) is 26.4. The number of amides is 1.